The molecule has 0 saturated heterocycles. The third kappa shape index (κ3) is 2.78. The fourth-order valence-electron chi connectivity index (χ4n) is 1.66. The topological polar surface area (TPSA) is 12.0 Å². The van der Waals surface area contributed by atoms with Crippen molar-refractivity contribution in [2.75, 3.05) is 6.54 Å². The van der Waals surface area contributed by atoms with Gasteiger partial charge in [-0.1, -0.05) is 19.1 Å². The Morgan fingerprint density at radius 3 is 2.80 bits per heavy atom. The van der Waals surface area contributed by atoms with Crippen LogP contribution in [0.1, 0.15) is 36.8 Å². The minimum Gasteiger partial charge on any atom is -0.313 e. The van der Waals surface area contributed by atoms with Gasteiger partial charge in [-0.25, -0.2) is 4.39 Å². The Morgan fingerprint density at radius 1 is 1.47 bits per heavy atom. The molecule has 0 aromatic heterocycles. The summed E-state index contributed by atoms with van der Waals surface area (Å²) in [5.41, 5.74) is 1.81. The molecule has 1 fully saturated rings. The van der Waals surface area contributed by atoms with E-state index in [0.717, 1.165) is 23.7 Å². The number of hydrogen-bond acceptors (Lipinski definition) is 1. The van der Waals surface area contributed by atoms with Crippen LogP contribution in [0, 0.1) is 12.7 Å². The molecular weight excluding hydrogens is 189 g/mol. The average Bonchev–Trinajstić information content (AvgIpc) is 3.02. The third-order valence-electron chi connectivity index (χ3n) is 3.05. The van der Waals surface area contributed by atoms with Crippen molar-refractivity contribution in [3.05, 3.63) is 35.1 Å². The summed E-state index contributed by atoms with van der Waals surface area (Å²) in [7, 11) is 0. The van der Waals surface area contributed by atoms with Gasteiger partial charge in [0.05, 0.1) is 0 Å². The van der Waals surface area contributed by atoms with Crippen LogP contribution < -0.4 is 5.32 Å². The van der Waals surface area contributed by atoms with Gasteiger partial charge in [-0.3, -0.25) is 0 Å². The van der Waals surface area contributed by atoms with E-state index in [1.54, 1.807) is 13.0 Å². The highest BCUT2D eigenvalue weighted by Gasteiger charge is 2.21. The Kier molecular flexibility index (Phi) is 3.06. The summed E-state index contributed by atoms with van der Waals surface area (Å²) in [6, 6.07) is 6.27. The van der Waals surface area contributed by atoms with E-state index in [9.17, 15) is 4.39 Å². The Labute approximate surface area is 90.7 Å². The van der Waals surface area contributed by atoms with Gasteiger partial charge in [0.2, 0.25) is 0 Å². The van der Waals surface area contributed by atoms with E-state index < -0.39 is 0 Å². The van der Waals surface area contributed by atoms with Crippen LogP contribution in [0.4, 0.5) is 4.39 Å². The second-order valence-corrected chi connectivity index (χ2v) is 4.59. The molecule has 1 unspecified atom stereocenters. The van der Waals surface area contributed by atoms with Crippen LogP contribution in [0.15, 0.2) is 18.2 Å². The normalized spacial score (nSPS) is 17.8. The predicted molar refractivity (Wildman–Crippen MR) is 60.6 cm³/mol. The zero-order valence-electron chi connectivity index (χ0n) is 9.39. The molecule has 15 heavy (non-hydrogen) atoms. The predicted octanol–water partition coefficient (Wildman–Crippen LogP) is 2.99. The highest BCUT2D eigenvalue weighted by atomic mass is 19.1. The van der Waals surface area contributed by atoms with Crippen molar-refractivity contribution in [2.45, 2.75) is 38.6 Å². The SMILES string of the molecule is Cc1ccc(C(C)CNC2CC2)cc1F. The van der Waals surface area contributed by atoms with E-state index in [2.05, 4.69) is 12.2 Å². The fourth-order valence-corrected chi connectivity index (χ4v) is 1.66. The number of nitrogens with one attached hydrogen (secondary N) is 1. The Balaban J connectivity index is 1.97. The molecule has 0 heterocycles. The summed E-state index contributed by atoms with van der Waals surface area (Å²) in [4.78, 5) is 0. The average molecular weight is 207 g/mol. The monoisotopic (exact) mass is 207 g/mol. The third-order valence-corrected chi connectivity index (χ3v) is 3.05. The molecule has 0 radical (unpaired) electrons. The van der Waals surface area contributed by atoms with E-state index in [-0.39, 0.29) is 5.82 Å². The largest absolute Gasteiger partial charge is 0.313 e. The maximum absolute atomic E-state index is 13.3. The molecule has 82 valence electrons. The first-order valence-electron chi connectivity index (χ1n) is 5.66. The molecule has 2 rings (SSSR count). The fraction of sp³-hybridized carbons (Fsp3) is 0.538. The van der Waals surface area contributed by atoms with Crippen LogP contribution >= 0.6 is 0 Å². The standard InChI is InChI=1S/C13H18FN/c1-9-3-4-11(7-13(9)14)10(2)8-15-12-5-6-12/h3-4,7,10,12,15H,5-6,8H2,1-2H3. The van der Waals surface area contributed by atoms with Crippen LogP contribution in [-0.4, -0.2) is 12.6 Å². The number of halogens is 1. The molecule has 0 spiro atoms. The lowest BCUT2D eigenvalue weighted by Crippen LogP contribution is -2.22. The van der Waals surface area contributed by atoms with Gasteiger partial charge in [0.15, 0.2) is 0 Å². The number of benzene rings is 1. The molecule has 0 aliphatic heterocycles. The van der Waals surface area contributed by atoms with Gasteiger partial charge < -0.3 is 5.32 Å². The zero-order chi connectivity index (χ0) is 10.8. The summed E-state index contributed by atoms with van der Waals surface area (Å²) in [6.07, 6.45) is 2.60. The second-order valence-electron chi connectivity index (χ2n) is 4.59. The molecule has 2 heteroatoms. The summed E-state index contributed by atoms with van der Waals surface area (Å²) >= 11 is 0. The summed E-state index contributed by atoms with van der Waals surface area (Å²) in [5, 5.41) is 3.47. The molecule has 1 nitrogen and oxygen atoms in total. The first kappa shape index (κ1) is 10.6. The van der Waals surface area contributed by atoms with Crippen LogP contribution in [0.5, 0.6) is 0 Å². The van der Waals surface area contributed by atoms with E-state index in [1.807, 2.05) is 12.1 Å². The minimum atomic E-state index is -0.0919. The molecule has 1 aromatic carbocycles. The first-order chi connectivity index (χ1) is 7.16. The lowest BCUT2D eigenvalue weighted by Gasteiger charge is -2.13. The molecule has 1 aromatic rings. The quantitative estimate of drug-likeness (QED) is 0.800. The van der Waals surface area contributed by atoms with Gasteiger partial charge in [-0.2, -0.15) is 0 Å². The summed E-state index contributed by atoms with van der Waals surface area (Å²) < 4.78 is 13.3. The molecule has 0 bridgehead atoms. The van der Waals surface area contributed by atoms with Crippen molar-refractivity contribution in [3.63, 3.8) is 0 Å². The van der Waals surface area contributed by atoms with Gasteiger partial charge in [0.1, 0.15) is 5.82 Å². The van der Waals surface area contributed by atoms with Gasteiger partial charge in [-0.05, 0) is 42.9 Å². The molecule has 1 N–H and O–H groups in total. The maximum Gasteiger partial charge on any atom is 0.126 e. The molecule has 1 saturated carbocycles. The Morgan fingerprint density at radius 2 is 2.20 bits per heavy atom. The van der Waals surface area contributed by atoms with Crippen molar-refractivity contribution in [3.8, 4) is 0 Å². The first-order valence-corrected chi connectivity index (χ1v) is 5.66. The maximum atomic E-state index is 13.3. The number of rotatable bonds is 4. The zero-order valence-corrected chi connectivity index (χ0v) is 9.39. The van der Waals surface area contributed by atoms with Gasteiger partial charge >= 0.3 is 0 Å². The smallest absolute Gasteiger partial charge is 0.126 e. The van der Waals surface area contributed by atoms with Crippen molar-refractivity contribution in [1.29, 1.82) is 0 Å². The van der Waals surface area contributed by atoms with E-state index in [4.69, 9.17) is 0 Å². The van der Waals surface area contributed by atoms with Gasteiger partial charge in [0, 0.05) is 12.6 Å². The van der Waals surface area contributed by atoms with Crippen molar-refractivity contribution in [1.82, 2.24) is 5.32 Å². The Bertz CT molecular complexity index is 344. The molecule has 1 aliphatic carbocycles. The van der Waals surface area contributed by atoms with Crippen molar-refractivity contribution >= 4 is 0 Å². The highest BCUT2D eigenvalue weighted by Crippen LogP contribution is 2.22. The van der Waals surface area contributed by atoms with E-state index in [1.165, 1.54) is 12.8 Å². The molecule has 0 amide bonds. The van der Waals surface area contributed by atoms with E-state index in [0.29, 0.717) is 5.92 Å². The van der Waals surface area contributed by atoms with Crippen LogP contribution in [0.3, 0.4) is 0 Å². The van der Waals surface area contributed by atoms with E-state index >= 15 is 0 Å². The molecule has 1 aliphatic rings. The van der Waals surface area contributed by atoms with Crippen LogP contribution in [-0.2, 0) is 0 Å². The van der Waals surface area contributed by atoms with Gasteiger partial charge in [-0.15, -0.1) is 0 Å². The minimum absolute atomic E-state index is 0.0919. The van der Waals surface area contributed by atoms with Gasteiger partial charge in [0.25, 0.3) is 0 Å². The number of aryl methyl sites for hydroxylation is 1. The van der Waals surface area contributed by atoms with Crippen molar-refractivity contribution in [2.24, 2.45) is 0 Å². The summed E-state index contributed by atoms with van der Waals surface area (Å²) in [5.74, 6) is 0.298. The molecular formula is C13H18FN. The number of hydrogen-bond donors (Lipinski definition) is 1. The molecule has 1 atom stereocenters. The highest BCUT2D eigenvalue weighted by molar-refractivity contribution is 5.26. The summed E-state index contributed by atoms with van der Waals surface area (Å²) in [6.45, 7) is 4.89. The lowest BCUT2D eigenvalue weighted by atomic mass is 9.99. The lowest BCUT2D eigenvalue weighted by molar-refractivity contribution is 0.593. The Hall–Kier alpha value is -0.890. The van der Waals surface area contributed by atoms with Crippen LogP contribution in [0.25, 0.3) is 0 Å². The second kappa shape index (κ2) is 4.31. The van der Waals surface area contributed by atoms with Crippen molar-refractivity contribution < 1.29 is 4.39 Å². The van der Waals surface area contributed by atoms with Crippen LogP contribution in [0.2, 0.25) is 0 Å².